The fourth-order valence-corrected chi connectivity index (χ4v) is 8.17. The molecule has 8 nitrogen and oxygen atoms in total. The third-order valence-corrected chi connectivity index (χ3v) is 11.1. The van der Waals surface area contributed by atoms with Gasteiger partial charge in [0.05, 0.1) is 13.2 Å². The molecule has 0 fully saturated rings. The van der Waals surface area contributed by atoms with Crippen molar-refractivity contribution in [2.75, 3.05) is 0 Å². The van der Waals surface area contributed by atoms with Gasteiger partial charge in [0.25, 0.3) is 0 Å². The number of aryl methyl sites for hydroxylation is 8. The zero-order chi connectivity index (χ0) is 36.1. The van der Waals surface area contributed by atoms with Crippen LogP contribution >= 0.6 is 15.6 Å². The lowest BCUT2D eigenvalue weighted by Crippen LogP contribution is -2.09. The molecule has 0 aliphatic heterocycles. The van der Waals surface area contributed by atoms with Crippen LogP contribution in [0.25, 0.3) is 0 Å². The number of rotatable bonds is 14. The van der Waals surface area contributed by atoms with E-state index in [2.05, 4.69) is 0 Å². The fourth-order valence-electron chi connectivity index (χ4n) is 5.54. The second-order valence-corrected chi connectivity index (χ2v) is 15.5. The molecule has 0 amide bonds. The third-order valence-electron chi connectivity index (χ3n) is 8.49. The Bertz CT molecular complexity index is 1870. The van der Waals surface area contributed by atoms with E-state index >= 15 is 0 Å². The molecule has 0 heterocycles. The molecule has 262 valence electrons. The van der Waals surface area contributed by atoms with E-state index in [4.69, 9.17) is 27.1 Å². The van der Waals surface area contributed by atoms with Crippen LogP contribution in [-0.4, -0.2) is 0 Å². The maximum Gasteiger partial charge on any atom is 0.587 e. The number of hydrogen-bond acceptors (Lipinski definition) is 8. The van der Waals surface area contributed by atoms with Crippen LogP contribution in [-0.2, 0) is 31.4 Å². The van der Waals surface area contributed by atoms with Crippen LogP contribution < -0.4 is 18.1 Å². The standard InChI is InChI=1S/C40H44O8P2/c1-27-14-9-15-28(2)37(27)25-43-49(41,47-39-31(5)18-11-19-32(39)6)45-35-22-13-23-36(24-35)46-50(42,48-40-33(7)20-12-21-34(40)8)44-26-38-29(3)16-10-17-30(38)4/h9-24H,25-26H2,1-8H3. The van der Waals surface area contributed by atoms with E-state index in [1.807, 2.05) is 128 Å². The predicted octanol–water partition coefficient (Wildman–Crippen LogP) is 11.7. The van der Waals surface area contributed by atoms with Gasteiger partial charge in [-0.25, -0.2) is 9.13 Å². The summed E-state index contributed by atoms with van der Waals surface area (Å²) in [5.74, 6) is 1.01. The summed E-state index contributed by atoms with van der Waals surface area (Å²) in [5, 5.41) is 0. The van der Waals surface area contributed by atoms with Crippen molar-refractivity contribution >= 4 is 15.6 Å². The molecule has 0 spiro atoms. The minimum atomic E-state index is -4.31. The Morgan fingerprint density at radius 3 is 1.00 bits per heavy atom. The van der Waals surface area contributed by atoms with Crippen LogP contribution in [0, 0.1) is 55.4 Å². The smallest absolute Gasteiger partial charge is 0.395 e. The second kappa shape index (κ2) is 15.7. The van der Waals surface area contributed by atoms with E-state index < -0.39 is 15.6 Å². The summed E-state index contributed by atoms with van der Waals surface area (Å²) in [6.07, 6.45) is 0. The summed E-state index contributed by atoms with van der Waals surface area (Å²) < 4.78 is 65.3. The van der Waals surface area contributed by atoms with E-state index in [1.54, 1.807) is 18.2 Å². The zero-order valence-electron chi connectivity index (χ0n) is 29.8. The van der Waals surface area contributed by atoms with E-state index in [9.17, 15) is 9.13 Å². The van der Waals surface area contributed by atoms with Crippen LogP contribution in [0.1, 0.15) is 55.6 Å². The van der Waals surface area contributed by atoms with Gasteiger partial charge in [-0.05, 0) is 123 Å². The van der Waals surface area contributed by atoms with Crippen LogP contribution in [0.4, 0.5) is 0 Å². The minimum Gasteiger partial charge on any atom is -0.395 e. The molecule has 5 aromatic carbocycles. The molecular formula is C40H44O8P2. The van der Waals surface area contributed by atoms with Crippen LogP contribution in [0.5, 0.6) is 23.0 Å². The maximum atomic E-state index is 14.5. The van der Waals surface area contributed by atoms with Crippen molar-refractivity contribution in [2.24, 2.45) is 0 Å². The Hall–Kier alpha value is -4.32. The summed E-state index contributed by atoms with van der Waals surface area (Å²) in [6.45, 7) is 15.3. The highest BCUT2D eigenvalue weighted by atomic mass is 31.2. The van der Waals surface area contributed by atoms with Crippen molar-refractivity contribution in [1.29, 1.82) is 0 Å². The van der Waals surface area contributed by atoms with Gasteiger partial charge in [-0.2, -0.15) is 0 Å². The molecule has 0 radical (unpaired) electrons. The van der Waals surface area contributed by atoms with Gasteiger partial charge in [-0.3, -0.25) is 9.05 Å². The van der Waals surface area contributed by atoms with Gasteiger partial charge in [0.1, 0.15) is 23.0 Å². The predicted molar refractivity (Wildman–Crippen MR) is 197 cm³/mol. The van der Waals surface area contributed by atoms with Crippen molar-refractivity contribution in [3.05, 3.63) is 153 Å². The Kier molecular flexibility index (Phi) is 11.6. The molecule has 10 heteroatoms. The van der Waals surface area contributed by atoms with E-state index in [0.29, 0.717) is 11.5 Å². The van der Waals surface area contributed by atoms with Gasteiger partial charge in [-0.1, -0.05) is 78.9 Å². The minimum absolute atomic E-state index is 0.0120. The fraction of sp³-hybridized carbons (Fsp3) is 0.250. The normalized spacial score (nSPS) is 13.6. The maximum absolute atomic E-state index is 14.5. The first kappa shape index (κ1) is 36.9. The first-order chi connectivity index (χ1) is 23.8. The summed E-state index contributed by atoms with van der Waals surface area (Å²) in [6, 6.07) is 29.2. The highest BCUT2D eigenvalue weighted by Crippen LogP contribution is 2.54. The van der Waals surface area contributed by atoms with Crippen LogP contribution in [0.3, 0.4) is 0 Å². The van der Waals surface area contributed by atoms with Gasteiger partial charge < -0.3 is 18.1 Å². The highest BCUT2D eigenvalue weighted by Gasteiger charge is 2.35. The van der Waals surface area contributed by atoms with Gasteiger partial charge in [0.15, 0.2) is 0 Å². The molecule has 2 atom stereocenters. The van der Waals surface area contributed by atoms with Crippen molar-refractivity contribution in [2.45, 2.75) is 68.6 Å². The number of benzene rings is 5. The number of phosphoric acid groups is 2. The van der Waals surface area contributed by atoms with Crippen molar-refractivity contribution in [1.82, 2.24) is 0 Å². The molecular weight excluding hydrogens is 670 g/mol. The molecule has 0 aliphatic carbocycles. The molecule has 0 aliphatic rings. The zero-order valence-corrected chi connectivity index (χ0v) is 31.6. The molecule has 0 bridgehead atoms. The molecule has 5 aromatic rings. The SMILES string of the molecule is Cc1cccc(C)c1COP(=O)(Oc1cccc(OP(=O)(OCc2c(C)cccc2C)Oc2c(C)cccc2C)c1)Oc1c(C)cccc1C. The van der Waals surface area contributed by atoms with Crippen molar-refractivity contribution < 1.29 is 36.3 Å². The molecule has 0 N–H and O–H groups in total. The van der Waals surface area contributed by atoms with Gasteiger partial charge in [0.2, 0.25) is 0 Å². The Morgan fingerprint density at radius 1 is 0.400 bits per heavy atom. The number of phosphoric ester groups is 2. The first-order valence-corrected chi connectivity index (χ1v) is 19.3. The summed E-state index contributed by atoms with van der Waals surface area (Å²) in [5.41, 5.74) is 8.78. The quantitative estimate of drug-likeness (QED) is 0.105. The lowest BCUT2D eigenvalue weighted by Gasteiger charge is -2.23. The second-order valence-electron chi connectivity index (χ2n) is 12.5. The monoisotopic (exact) mass is 714 g/mol. The summed E-state index contributed by atoms with van der Waals surface area (Å²) in [4.78, 5) is 0. The van der Waals surface area contributed by atoms with E-state index in [0.717, 1.165) is 55.6 Å². The first-order valence-electron chi connectivity index (χ1n) is 16.4. The van der Waals surface area contributed by atoms with E-state index in [1.165, 1.54) is 6.07 Å². The molecule has 5 rings (SSSR count). The number of para-hydroxylation sites is 2. The van der Waals surface area contributed by atoms with Crippen LogP contribution in [0.15, 0.2) is 97.1 Å². The van der Waals surface area contributed by atoms with Gasteiger partial charge >= 0.3 is 15.6 Å². The summed E-state index contributed by atoms with van der Waals surface area (Å²) in [7, 11) is -8.62. The van der Waals surface area contributed by atoms with Crippen molar-refractivity contribution in [3.63, 3.8) is 0 Å². The van der Waals surface area contributed by atoms with Gasteiger partial charge in [0, 0.05) is 6.07 Å². The average molecular weight is 715 g/mol. The highest BCUT2D eigenvalue weighted by molar-refractivity contribution is 7.49. The largest absolute Gasteiger partial charge is 0.587 e. The average Bonchev–Trinajstić information content (AvgIpc) is 3.04. The Morgan fingerprint density at radius 2 is 0.680 bits per heavy atom. The molecule has 0 saturated heterocycles. The molecule has 0 saturated carbocycles. The summed E-state index contributed by atoms with van der Waals surface area (Å²) >= 11 is 0. The number of hydrogen-bond donors (Lipinski definition) is 0. The van der Waals surface area contributed by atoms with Gasteiger partial charge in [-0.15, -0.1) is 0 Å². The molecule has 2 unspecified atom stereocenters. The molecule has 50 heavy (non-hydrogen) atoms. The lowest BCUT2D eigenvalue weighted by atomic mass is 10.0. The van der Waals surface area contributed by atoms with Crippen LogP contribution in [0.2, 0.25) is 0 Å². The third kappa shape index (κ3) is 9.07. The topological polar surface area (TPSA) is 89.5 Å². The van der Waals surface area contributed by atoms with E-state index in [-0.39, 0.29) is 24.7 Å². The molecule has 0 aromatic heterocycles. The Balaban J connectivity index is 1.46. The lowest BCUT2D eigenvalue weighted by molar-refractivity contribution is 0.198. The van der Waals surface area contributed by atoms with Crippen molar-refractivity contribution in [3.8, 4) is 23.0 Å². The Labute approximate surface area is 295 Å².